The van der Waals surface area contributed by atoms with Crippen LogP contribution in [0.4, 0.5) is 24.5 Å². The lowest BCUT2D eigenvalue weighted by molar-refractivity contribution is -0.137. The minimum absolute atomic E-state index is 0.105. The molecule has 0 heterocycles. The van der Waals surface area contributed by atoms with E-state index in [-0.39, 0.29) is 11.5 Å². The van der Waals surface area contributed by atoms with Gasteiger partial charge in [-0.3, -0.25) is 9.59 Å². The van der Waals surface area contributed by atoms with Crippen molar-refractivity contribution in [3.05, 3.63) is 70.9 Å². The first-order valence-electron chi connectivity index (χ1n) is 8.33. The lowest BCUT2D eigenvalue weighted by Gasteiger charge is -2.11. The summed E-state index contributed by atoms with van der Waals surface area (Å²) in [7, 11) is 0. The summed E-state index contributed by atoms with van der Waals surface area (Å²) in [6.45, 7) is 1.76. The van der Waals surface area contributed by atoms with Gasteiger partial charge in [0.05, 0.1) is 5.56 Å². The van der Waals surface area contributed by atoms with Crippen LogP contribution < -0.4 is 10.6 Å². The zero-order chi connectivity index (χ0) is 19.6. The standard InChI is InChI=1S/C20H17F3N2O2/c1-12-17(9-10-18(12)26)24-16-4-2-3-13(11-16)19(27)25-15-7-5-14(6-8-15)20(21,22)23/h2-8,11,24H,9-10H2,1H3,(H,25,27). The van der Waals surface area contributed by atoms with Crippen molar-refractivity contribution in [1.29, 1.82) is 0 Å². The van der Waals surface area contributed by atoms with Crippen molar-refractivity contribution in [3.63, 3.8) is 0 Å². The number of rotatable bonds is 4. The van der Waals surface area contributed by atoms with Gasteiger partial charge in [0.2, 0.25) is 0 Å². The first-order valence-corrected chi connectivity index (χ1v) is 8.33. The van der Waals surface area contributed by atoms with Crippen LogP contribution in [0, 0.1) is 0 Å². The van der Waals surface area contributed by atoms with Gasteiger partial charge < -0.3 is 10.6 Å². The first kappa shape index (κ1) is 18.7. The number of benzene rings is 2. The van der Waals surface area contributed by atoms with Crippen molar-refractivity contribution in [2.75, 3.05) is 10.6 Å². The summed E-state index contributed by atoms with van der Waals surface area (Å²) < 4.78 is 37.8. The molecule has 7 heteroatoms. The molecule has 1 aliphatic rings. The van der Waals surface area contributed by atoms with E-state index in [1.54, 1.807) is 31.2 Å². The molecule has 2 aromatic rings. The van der Waals surface area contributed by atoms with Crippen LogP contribution in [0.15, 0.2) is 59.8 Å². The molecule has 0 fully saturated rings. The molecule has 140 valence electrons. The molecular formula is C20H17F3N2O2. The second-order valence-electron chi connectivity index (χ2n) is 6.26. The number of alkyl halides is 3. The highest BCUT2D eigenvalue weighted by Gasteiger charge is 2.30. The van der Waals surface area contributed by atoms with Crippen LogP contribution in [0.5, 0.6) is 0 Å². The molecule has 0 radical (unpaired) electrons. The predicted molar refractivity (Wildman–Crippen MR) is 96.4 cm³/mol. The second kappa shape index (κ2) is 7.26. The van der Waals surface area contributed by atoms with Crippen molar-refractivity contribution >= 4 is 23.1 Å². The molecule has 3 rings (SSSR count). The lowest BCUT2D eigenvalue weighted by Crippen LogP contribution is -2.13. The largest absolute Gasteiger partial charge is 0.416 e. The molecule has 0 spiro atoms. The Kier molecular flexibility index (Phi) is 5.03. The first-order chi connectivity index (χ1) is 12.7. The van der Waals surface area contributed by atoms with E-state index in [1.807, 2.05) is 0 Å². The monoisotopic (exact) mass is 374 g/mol. The number of ketones is 1. The molecule has 1 amide bonds. The van der Waals surface area contributed by atoms with E-state index >= 15 is 0 Å². The molecule has 0 bridgehead atoms. The van der Waals surface area contributed by atoms with Crippen molar-refractivity contribution < 1.29 is 22.8 Å². The molecule has 0 saturated carbocycles. The average Bonchev–Trinajstić information content (AvgIpc) is 2.94. The number of carbonyl (C=O) groups is 2. The minimum atomic E-state index is -4.42. The Bertz CT molecular complexity index is 916. The number of carbonyl (C=O) groups excluding carboxylic acids is 2. The summed E-state index contributed by atoms with van der Waals surface area (Å²) in [5.41, 5.74) is 2.03. The van der Waals surface area contributed by atoms with Gasteiger partial charge in [0.25, 0.3) is 5.91 Å². The Hall–Kier alpha value is -3.09. The maximum Gasteiger partial charge on any atom is 0.416 e. The average molecular weight is 374 g/mol. The molecule has 0 aliphatic heterocycles. The number of nitrogens with one attached hydrogen (secondary N) is 2. The predicted octanol–water partition coefficient (Wildman–Crippen LogP) is 5.01. The Morgan fingerprint density at radius 1 is 1.00 bits per heavy atom. The quantitative estimate of drug-likeness (QED) is 0.791. The number of anilines is 2. The van der Waals surface area contributed by atoms with Crippen LogP contribution in [-0.2, 0) is 11.0 Å². The van der Waals surface area contributed by atoms with Crippen LogP contribution in [-0.4, -0.2) is 11.7 Å². The van der Waals surface area contributed by atoms with E-state index in [2.05, 4.69) is 10.6 Å². The number of Topliss-reactive ketones (excluding diaryl/α,β-unsaturated/α-hetero) is 1. The third-order valence-corrected chi connectivity index (χ3v) is 4.36. The summed E-state index contributed by atoms with van der Waals surface area (Å²) in [5, 5.41) is 5.73. The highest BCUT2D eigenvalue weighted by Crippen LogP contribution is 2.30. The molecule has 1 aliphatic carbocycles. The fraction of sp³-hybridized carbons (Fsp3) is 0.200. The van der Waals surface area contributed by atoms with Crippen LogP contribution in [0.2, 0.25) is 0 Å². The third-order valence-electron chi connectivity index (χ3n) is 4.36. The lowest BCUT2D eigenvalue weighted by atomic mass is 10.1. The Morgan fingerprint density at radius 3 is 2.30 bits per heavy atom. The number of halogens is 3. The number of hydrogen-bond acceptors (Lipinski definition) is 3. The fourth-order valence-electron chi connectivity index (χ4n) is 2.80. The van der Waals surface area contributed by atoms with Crippen LogP contribution >= 0.6 is 0 Å². The summed E-state index contributed by atoms with van der Waals surface area (Å²) in [4.78, 5) is 24.0. The van der Waals surface area contributed by atoms with Crippen LogP contribution in [0.25, 0.3) is 0 Å². The van der Waals surface area contributed by atoms with Gasteiger partial charge in [0, 0.05) is 34.6 Å². The molecular weight excluding hydrogens is 357 g/mol. The summed E-state index contributed by atoms with van der Waals surface area (Å²) in [6.07, 6.45) is -3.31. The SMILES string of the molecule is CC1=C(Nc2cccc(C(=O)Nc3ccc(C(F)(F)F)cc3)c2)CCC1=O. The smallest absolute Gasteiger partial charge is 0.359 e. The van der Waals surface area contributed by atoms with E-state index in [0.717, 1.165) is 17.8 Å². The van der Waals surface area contributed by atoms with E-state index in [9.17, 15) is 22.8 Å². The Morgan fingerprint density at radius 2 is 1.70 bits per heavy atom. The molecule has 0 atom stereocenters. The van der Waals surface area contributed by atoms with Gasteiger partial charge in [-0.25, -0.2) is 0 Å². The number of amides is 1. The van der Waals surface area contributed by atoms with Gasteiger partial charge in [-0.05, 0) is 55.8 Å². The van der Waals surface area contributed by atoms with Crippen molar-refractivity contribution in [2.24, 2.45) is 0 Å². The summed E-state index contributed by atoms with van der Waals surface area (Å²) in [5.74, 6) is -0.333. The van der Waals surface area contributed by atoms with Crippen LogP contribution in [0.3, 0.4) is 0 Å². The van der Waals surface area contributed by atoms with Crippen molar-refractivity contribution in [3.8, 4) is 0 Å². The Balaban J connectivity index is 1.71. The van der Waals surface area contributed by atoms with E-state index in [1.165, 1.54) is 12.1 Å². The van der Waals surface area contributed by atoms with Gasteiger partial charge in [-0.2, -0.15) is 13.2 Å². The normalized spacial score (nSPS) is 14.4. The van der Waals surface area contributed by atoms with E-state index in [0.29, 0.717) is 29.7 Å². The van der Waals surface area contributed by atoms with Crippen molar-refractivity contribution in [1.82, 2.24) is 0 Å². The summed E-state index contributed by atoms with van der Waals surface area (Å²) in [6, 6.07) is 10.9. The minimum Gasteiger partial charge on any atom is -0.359 e. The third kappa shape index (κ3) is 4.36. The van der Waals surface area contributed by atoms with Gasteiger partial charge >= 0.3 is 6.18 Å². The Labute approximate surface area is 154 Å². The zero-order valence-corrected chi connectivity index (χ0v) is 14.5. The van der Waals surface area contributed by atoms with Crippen molar-refractivity contribution in [2.45, 2.75) is 25.9 Å². The molecule has 2 aromatic carbocycles. The van der Waals surface area contributed by atoms with E-state index in [4.69, 9.17) is 0 Å². The maximum absolute atomic E-state index is 12.6. The molecule has 4 nitrogen and oxygen atoms in total. The van der Waals surface area contributed by atoms with Gasteiger partial charge in [-0.1, -0.05) is 6.07 Å². The second-order valence-corrected chi connectivity index (χ2v) is 6.26. The molecule has 0 saturated heterocycles. The molecule has 0 aromatic heterocycles. The van der Waals surface area contributed by atoms with Crippen LogP contribution in [0.1, 0.15) is 35.7 Å². The zero-order valence-electron chi connectivity index (χ0n) is 14.5. The van der Waals surface area contributed by atoms with Gasteiger partial charge in [0.1, 0.15) is 0 Å². The molecule has 27 heavy (non-hydrogen) atoms. The molecule has 2 N–H and O–H groups in total. The highest BCUT2D eigenvalue weighted by atomic mass is 19.4. The maximum atomic E-state index is 12.6. The van der Waals surface area contributed by atoms with E-state index < -0.39 is 17.6 Å². The molecule has 0 unspecified atom stereocenters. The van der Waals surface area contributed by atoms with Gasteiger partial charge in [0.15, 0.2) is 5.78 Å². The number of hydrogen-bond donors (Lipinski definition) is 2. The topological polar surface area (TPSA) is 58.2 Å². The summed E-state index contributed by atoms with van der Waals surface area (Å²) >= 11 is 0. The van der Waals surface area contributed by atoms with Gasteiger partial charge in [-0.15, -0.1) is 0 Å². The highest BCUT2D eigenvalue weighted by molar-refractivity contribution is 6.05. The fourth-order valence-corrected chi connectivity index (χ4v) is 2.80. The number of allylic oxidation sites excluding steroid dienone is 2.